The molecule has 3 aromatic rings. The second-order valence-electron chi connectivity index (χ2n) is 6.99. The molecule has 1 aliphatic rings. The molecule has 1 aliphatic heterocycles. The van der Waals surface area contributed by atoms with E-state index < -0.39 is 0 Å². The van der Waals surface area contributed by atoms with Crippen LogP contribution in [0.4, 0.5) is 13.9 Å². The van der Waals surface area contributed by atoms with E-state index in [2.05, 4.69) is 14.7 Å². The Morgan fingerprint density at radius 3 is 2.41 bits per heavy atom. The third-order valence-electron chi connectivity index (χ3n) is 4.91. The lowest BCUT2D eigenvalue weighted by atomic mass is 10.1. The van der Waals surface area contributed by atoms with Crippen LogP contribution in [0.25, 0.3) is 0 Å². The van der Waals surface area contributed by atoms with Gasteiger partial charge in [-0.3, -0.25) is 4.79 Å². The number of hydrogen-bond acceptors (Lipinski definition) is 5. The fourth-order valence-corrected chi connectivity index (χ4v) is 4.16. The fourth-order valence-electron chi connectivity index (χ4n) is 3.40. The Kier molecular flexibility index (Phi) is 5.80. The molecule has 150 valence electrons. The predicted molar refractivity (Wildman–Crippen MR) is 108 cm³/mol. The van der Waals surface area contributed by atoms with Gasteiger partial charge in [-0.15, -0.1) is 0 Å². The number of carbonyl (C=O) groups is 1. The average Bonchev–Trinajstić information content (AvgIpc) is 3.38. The van der Waals surface area contributed by atoms with Crippen molar-refractivity contribution in [3.05, 3.63) is 77.1 Å². The van der Waals surface area contributed by atoms with Crippen LogP contribution < -0.4 is 10.2 Å². The van der Waals surface area contributed by atoms with Gasteiger partial charge < -0.3 is 10.2 Å². The molecule has 0 spiro atoms. The van der Waals surface area contributed by atoms with Crippen LogP contribution in [0.2, 0.25) is 0 Å². The van der Waals surface area contributed by atoms with Gasteiger partial charge >= 0.3 is 0 Å². The average molecular weight is 414 g/mol. The molecular weight excluding hydrogens is 394 g/mol. The maximum atomic E-state index is 13.1. The van der Waals surface area contributed by atoms with Gasteiger partial charge in [-0.2, -0.15) is 4.37 Å². The summed E-state index contributed by atoms with van der Waals surface area (Å²) < 4.78 is 30.5. The van der Waals surface area contributed by atoms with Crippen LogP contribution in [0.3, 0.4) is 0 Å². The van der Waals surface area contributed by atoms with E-state index in [1.54, 1.807) is 24.3 Å². The minimum Gasteiger partial charge on any atom is -0.350 e. The van der Waals surface area contributed by atoms with Gasteiger partial charge in [0.05, 0.1) is 0 Å². The molecule has 0 saturated carbocycles. The number of aromatic nitrogens is 2. The topological polar surface area (TPSA) is 58.1 Å². The van der Waals surface area contributed by atoms with Crippen LogP contribution >= 0.6 is 11.5 Å². The maximum absolute atomic E-state index is 13.1. The summed E-state index contributed by atoms with van der Waals surface area (Å²) in [5.74, 6) is 0.0260. The number of amides is 1. The molecule has 29 heavy (non-hydrogen) atoms. The summed E-state index contributed by atoms with van der Waals surface area (Å²) in [4.78, 5) is 19.3. The van der Waals surface area contributed by atoms with Crippen LogP contribution in [0.15, 0.2) is 48.5 Å². The standard InChI is InChI=1S/C21H20F2N4OS/c22-16-7-3-14(4-8-16)12-19-25-21(29-26-19)27-11-1-2-18(27)20(28)24-13-15-5-9-17(23)10-6-15/h3-10,18H,1-2,11-13H2,(H,24,28). The van der Waals surface area contributed by atoms with Crippen LogP contribution in [0.1, 0.15) is 29.8 Å². The van der Waals surface area contributed by atoms with Gasteiger partial charge in [0.2, 0.25) is 11.0 Å². The highest BCUT2D eigenvalue weighted by atomic mass is 32.1. The highest BCUT2D eigenvalue weighted by Crippen LogP contribution is 2.28. The van der Waals surface area contributed by atoms with Crippen molar-refractivity contribution in [2.24, 2.45) is 0 Å². The third-order valence-corrected chi connectivity index (χ3v) is 5.71. The van der Waals surface area contributed by atoms with E-state index in [0.29, 0.717) is 18.8 Å². The molecule has 5 nitrogen and oxygen atoms in total. The van der Waals surface area contributed by atoms with Crippen molar-refractivity contribution in [2.45, 2.75) is 31.8 Å². The van der Waals surface area contributed by atoms with Gasteiger partial charge in [0.1, 0.15) is 23.5 Å². The zero-order chi connectivity index (χ0) is 20.2. The third kappa shape index (κ3) is 4.76. The summed E-state index contributed by atoms with van der Waals surface area (Å²) in [6.45, 7) is 1.11. The summed E-state index contributed by atoms with van der Waals surface area (Å²) in [6, 6.07) is 12.1. The molecule has 1 atom stereocenters. The summed E-state index contributed by atoms with van der Waals surface area (Å²) in [7, 11) is 0. The number of nitrogens with one attached hydrogen (secondary N) is 1. The molecule has 0 bridgehead atoms. The summed E-state index contributed by atoms with van der Waals surface area (Å²) in [5.41, 5.74) is 1.78. The Bertz CT molecular complexity index is 975. The van der Waals surface area contributed by atoms with Crippen LogP contribution in [-0.4, -0.2) is 27.9 Å². The number of nitrogens with zero attached hydrogens (tertiary/aromatic N) is 3. The molecule has 1 saturated heterocycles. The smallest absolute Gasteiger partial charge is 0.243 e. The first-order chi connectivity index (χ1) is 14.1. The molecule has 1 unspecified atom stereocenters. The van der Waals surface area contributed by atoms with Crippen molar-refractivity contribution >= 4 is 22.6 Å². The normalized spacial score (nSPS) is 16.2. The summed E-state index contributed by atoms with van der Waals surface area (Å²) in [6.07, 6.45) is 2.18. The molecule has 8 heteroatoms. The number of carbonyl (C=O) groups excluding carboxylic acids is 1. The van der Waals surface area contributed by atoms with E-state index in [0.717, 1.165) is 35.6 Å². The van der Waals surface area contributed by atoms with E-state index >= 15 is 0 Å². The Morgan fingerprint density at radius 2 is 1.72 bits per heavy atom. The Balaban J connectivity index is 1.38. The minimum absolute atomic E-state index is 0.0675. The van der Waals surface area contributed by atoms with E-state index in [1.165, 1.54) is 35.8 Å². The van der Waals surface area contributed by atoms with Gasteiger partial charge in [-0.25, -0.2) is 13.8 Å². The first-order valence-electron chi connectivity index (χ1n) is 9.44. The molecule has 2 aromatic carbocycles. The van der Waals surface area contributed by atoms with E-state index in [4.69, 9.17) is 0 Å². The number of anilines is 1. The second-order valence-corrected chi connectivity index (χ2v) is 7.72. The van der Waals surface area contributed by atoms with Gasteiger partial charge in [-0.05, 0) is 48.2 Å². The molecule has 1 amide bonds. The highest BCUT2D eigenvalue weighted by Gasteiger charge is 2.32. The number of benzene rings is 2. The van der Waals surface area contributed by atoms with Crippen LogP contribution in [-0.2, 0) is 17.8 Å². The Labute approximate surface area is 171 Å². The van der Waals surface area contributed by atoms with Gasteiger partial charge in [0.25, 0.3) is 0 Å². The zero-order valence-electron chi connectivity index (χ0n) is 15.6. The zero-order valence-corrected chi connectivity index (χ0v) is 16.5. The SMILES string of the molecule is O=C(NCc1ccc(F)cc1)C1CCCN1c1nc(Cc2ccc(F)cc2)ns1. The quantitative estimate of drug-likeness (QED) is 0.668. The summed E-state index contributed by atoms with van der Waals surface area (Å²) >= 11 is 1.28. The number of rotatable bonds is 6. The van der Waals surface area contributed by atoms with E-state index in [-0.39, 0.29) is 23.6 Å². The van der Waals surface area contributed by atoms with E-state index in [1.807, 2.05) is 4.90 Å². The number of hydrogen-bond donors (Lipinski definition) is 1. The first-order valence-corrected chi connectivity index (χ1v) is 10.2. The molecule has 4 rings (SSSR count). The van der Waals surface area contributed by atoms with Crippen molar-refractivity contribution in [1.29, 1.82) is 0 Å². The molecule has 0 radical (unpaired) electrons. The summed E-state index contributed by atoms with van der Waals surface area (Å²) in [5, 5.41) is 3.65. The lowest BCUT2D eigenvalue weighted by Crippen LogP contribution is -2.43. The van der Waals surface area contributed by atoms with Gasteiger partial charge in [0.15, 0.2) is 0 Å². The fraction of sp³-hybridized carbons (Fsp3) is 0.286. The first kappa shape index (κ1) is 19.4. The number of halogens is 2. The van der Waals surface area contributed by atoms with E-state index in [9.17, 15) is 13.6 Å². The molecule has 0 aliphatic carbocycles. The largest absolute Gasteiger partial charge is 0.350 e. The molecule has 1 N–H and O–H groups in total. The monoisotopic (exact) mass is 414 g/mol. The Hall–Kier alpha value is -2.87. The van der Waals surface area contributed by atoms with Crippen molar-refractivity contribution < 1.29 is 13.6 Å². The Morgan fingerprint density at radius 1 is 1.07 bits per heavy atom. The van der Waals surface area contributed by atoms with Gasteiger partial charge in [-0.1, -0.05) is 24.3 Å². The van der Waals surface area contributed by atoms with Crippen molar-refractivity contribution in [3.8, 4) is 0 Å². The maximum Gasteiger partial charge on any atom is 0.243 e. The van der Waals surface area contributed by atoms with Crippen molar-refractivity contribution in [1.82, 2.24) is 14.7 Å². The van der Waals surface area contributed by atoms with Crippen molar-refractivity contribution in [3.63, 3.8) is 0 Å². The molecule has 2 heterocycles. The van der Waals surface area contributed by atoms with Gasteiger partial charge in [0, 0.05) is 31.0 Å². The molecule has 1 fully saturated rings. The van der Waals surface area contributed by atoms with Crippen LogP contribution in [0.5, 0.6) is 0 Å². The lowest BCUT2D eigenvalue weighted by Gasteiger charge is -2.22. The molecular formula is C21H20F2N4OS. The minimum atomic E-state index is -0.297. The predicted octanol–water partition coefficient (Wildman–Crippen LogP) is 3.69. The van der Waals surface area contributed by atoms with Crippen molar-refractivity contribution in [2.75, 3.05) is 11.4 Å². The lowest BCUT2D eigenvalue weighted by molar-refractivity contribution is -0.122. The second kappa shape index (κ2) is 8.65. The highest BCUT2D eigenvalue weighted by molar-refractivity contribution is 7.09. The molecule has 1 aromatic heterocycles. The van der Waals surface area contributed by atoms with Crippen LogP contribution in [0, 0.1) is 11.6 Å².